The van der Waals surface area contributed by atoms with Gasteiger partial charge in [-0.05, 0) is 103 Å². The van der Waals surface area contributed by atoms with Crippen molar-refractivity contribution in [2.45, 2.75) is 187 Å². The summed E-state index contributed by atoms with van der Waals surface area (Å²) in [5.41, 5.74) is 0. The maximum atomic E-state index is 12.7. The van der Waals surface area contributed by atoms with Crippen molar-refractivity contribution in [1.82, 2.24) is 0 Å². The monoisotopic (exact) mass is 855 g/mol. The molecule has 0 saturated carbocycles. The molecule has 0 bridgehead atoms. The predicted octanol–water partition coefficient (Wildman–Crippen LogP) is 15.9. The highest BCUT2D eigenvalue weighted by Gasteiger charge is 2.19. The number of carbonyl (C=O) groups excluding carboxylic acids is 3. The van der Waals surface area contributed by atoms with Gasteiger partial charge in [-0.3, -0.25) is 14.4 Å². The molecular weight excluding hydrogens is 769 g/mol. The summed E-state index contributed by atoms with van der Waals surface area (Å²) in [4.78, 5) is 37.8. The minimum absolute atomic E-state index is 0.123. The van der Waals surface area contributed by atoms with E-state index in [2.05, 4.69) is 136 Å². The molecule has 6 heteroatoms. The molecule has 0 rings (SSSR count). The van der Waals surface area contributed by atoms with E-state index < -0.39 is 6.10 Å². The van der Waals surface area contributed by atoms with E-state index in [0.717, 1.165) is 135 Å². The third kappa shape index (κ3) is 46.6. The summed E-state index contributed by atoms with van der Waals surface area (Å²) in [7, 11) is 0. The third-order valence-electron chi connectivity index (χ3n) is 9.46. The van der Waals surface area contributed by atoms with Crippen molar-refractivity contribution >= 4 is 17.9 Å². The Bertz CT molecular complexity index is 1400. The third-order valence-corrected chi connectivity index (χ3v) is 9.46. The van der Waals surface area contributed by atoms with Gasteiger partial charge in [0.25, 0.3) is 0 Å². The molecule has 62 heavy (non-hydrogen) atoms. The van der Waals surface area contributed by atoms with Gasteiger partial charge in [0, 0.05) is 19.3 Å². The lowest BCUT2D eigenvalue weighted by atomic mass is 10.1. The van der Waals surface area contributed by atoms with Gasteiger partial charge in [0.2, 0.25) is 0 Å². The van der Waals surface area contributed by atoms with Crippen molar-refractivity contribution in [2.75, 3.05) is 13.2 Å². The second kappa shape index (κ2) is 49.2. The van der Waals surface area contributed by atoms with Crippen LogP contribution in [0.2, 0.25) is 0 Å². The summed E-state index contributed by atoms with van der Waals surface area (Å²) >= 11 is 0. The van der Waals surface area contributed by atoms with E-state index >= 15 is 0 Å². The van der Waals surface area contributed by atoms with E-state index in [0.29, 0.717) is 12.8 Å². The van der Waals surface area contributed by atoms with E-state index in [-0.39, 0.29) is 44.0 Å². The Labute approximate surface area is 379 Å². The van der Waals surface area contributed by atoms with Gasteiger partial charge in [-0.15, -0.1) is 0 Å². The number of allylic oxidation sites excluding steroid dienone is 22. The van der Waals surface area contributed by atoms with Crippen LogP contribution in [0.25, 0.3) is 0 Å². The first-order chi connectivity index (χ1) is 30.5. The summed E-state index contributed by atoms with van der Waals surface area (Å²) < 4.78 is 16.6. The lowest BCUT2D eigenvalue weighted by Crippen LogP contribution is -2.30. The molecular formula is C56H86O6. The fourth-order valence-electron chi connectivity index (χ4n) is 5.91. The first-order valence-electron chi connectivity index (χ1n) is 24.2. The number of carbonyl (C=O) groups is 3. The average Bonchev–Trinajstić information content (AvgIpc) is 3.27. The summed E-state index contributed by atoms with van der Waals surface area (Å²) in [5, 5.41) is 0. The first kappa shape index (κ1) is 57.5. The number of ether oxygens (including phenoxy) is 3. The number of hydrogen-bond donors (Lipinski definition) is 0. The zero-order valence-electron chi connectivity index (χ0n) is 39.3. The Morgan fingerprint density at radius 2 is 0.694 bits per heavy atom. The Balaban J connectivity index is 4.56. The molecule has 0 aromatic carbocycles. The van der Waals surface area contributed by atoms with Crippen LogP contribution in [-0.4, -0.2) is 37.2 Å². The fraction of sp³-hybridized carbons (Fsp3) is 0.554. The van der Waals surface area contributed by atoms with Crippen molar-refractivity contribution in [3.8, 4) is 0 Å². The van der Waals surface area contributed by atoms with Crippen LogP contribution in [0.15, 0.2) is 134 Å². The van der Waals surface area contributed by atoms with E-state index in [1.165, 1.54) is 0 Å². The van der Waals surface area contributed by atoms with Gasteiger partial charge in [0.1, 0.15) is 13.2 Å². The molecule has 0 amide bonds. The maximum Gasteiger partial charge on any atom is 0.306 e. The second-order valence-corrected chi connectivity index (χ2v) is 15.3. The minimum Gasteiger partial charge on any atom is -0.462 e. The van der Waals surface area contributed by atoms with E-state index in [9.17, 15) is 14.4 Å². The average molecular weight is 855 g/mol. The molecule has 0 fully saturated rings. The number of rotatable bonds is 41. The van der Waals surface area contributed by atoms with E-state index in [1.54, 1.807) is 0 Å². The molecule has 0 saturated heterocycles. The molecule has 0 aliphatic rings. The Hall–Kier alpha value is -4.45. The van der Waals surface area contributed by atoms with Crippen molar-refractivity contribution in [3.63, 3.8) is 0 Å². The molecule has 0 radical (unpaired) electrons. The molecule has 1 unspecified atom stereocenters. The first-order valence-corrected chi connectivity index (χ1v) is 24.2. The normalized spacial score (nSPS) is 13.3. The molecule has 0 aliphatic carbocycles. The number of esters is 3. The number of hydrogen-bond acceptors (Lipinski definition) is 6. The van der Waals surface area contributed by atoms with Crippen LogP contribution in [0.5, 0.6) is 0 Å². The van der Waals surface area contributed by atoms with Crippen molar-refractivity contribution in [1.29, 1.82) is 0 Å². The zero-order valence-corrected chi connectivity index (χ0v) is 39.3. The van der Waals surface area contributed by atoms with Crippen LogP contribution in [0, 0.1) is 0 Å². The van der Waals surface area contributed by atoms with Crippen molar-refractivity contribution < 1.29 is 28.6 Å². The predicted molar refractivity (Wildman–Crippen MR) is 265 cm³/mol. The quantitative estimate of drug-likeness (QED) is 0.0200. The van der Waals surface area contributed by atoms with Crippen LogP contribution >= 0.6 is 0 Å². The highest BCUT2D eigenvalue weighted by Crippen LogP contribution is 2.12. The molecule has 0 N–H and O–H groups in total. The Morgan fingerprint density at radius 1 is 0.339 bits per heavy atom. The molecule has 0 aromatic heterocycles. The van der Waals surface area contributed by atoms with Crippen LogP contribution in [0.3, 0.4) is 0 Å². The standard InChI is InChI=1S/C56H86O6/c1-4-7-10-13-16-19-22-25-26-27-28-29-30-32-34-37-40-43-46-49-55(58)61-52-53(51-60-54(57)48-45-42-39-36-33-24-21-18-15-12-9-6-3)62-56(59)50-47-44-41-38-35-31-23-20-17-14-11-8-5-2/h7-12,14,16-21,23,25-26,28-29,32,34,40,43,53H,4-6,13,15,22,24,27,30-31,33,35-39,41-42,44-52H2,1-3H3/b10-7-,11-8-,12-9-,17-14-,19-16-,21-18-,23-20-,26-25-,29-28-,34-32-,43-40-. The molecule has 0 spiro atoms. The lowest BCUT2D eigenvalue weighted by Gasteiger charge is -2.18. The molecule has 1 atom stereocenters. The summed E-state index contributed by atoms with van der Waals surface area (Å²) in [6, 6.07) is 0. The molecule has 0 aliphatic heterocycles. The minimum atomic E-state index is -0.829. The Kier molecular flexibility index (Phi) is 45.7. The lowest BCUT2D eigenvalue weighted by molar-refractivity contribution is -0.166. The van der Waals surface area contributed by atoms with Gasteiger partial charge in [-0.2, -0.15) is 0 Å². The van der Waals surface area contributed by atoms with Gasteiger partial charge >= 0.3 is 17.9 Å². The van der Waals surface area contributed by atoms with Crippen molar-refractivity contribution in [2.24, 2.45) is 0 Å². The highest BCUT2D eigenvalue weighted by molar-refractivity contribution is 5.71. The largest absolute Gasteiger partial charge is 0.462 e. The molecule has 346 valence electrons. The summed E-state index contributed by atoms with van der Waals surface area (Å²) in [5.74, 6) is -1.06. The van der Waals surface area contributed by atoms with E-state index in [4.69, 9.17) is 14.2 Å². The van der Waals surface area contributed by atoms with Gasteiger partial charge in [-0.25, -0.2) is 0 Å². The van der Waals surface area contributed by atoms with Gasteiger partial charge in [0.05, 0.1) is 0 Å². The van der Waals surface area contributed by atoms with Crippen LogP contribution < -0.4 is 0 Å². The summed E-state index contributed by atoms with van der Waals surface area (Å²) in [6.45, 7) is 6.15. The maximum absolute atomic E-state index is 12.7. The zero-order chi connectivity index (χ0) is 45.1. The van der Waals surface area contributed by atoms with Gasteiger partial charge < -0.3 is 14.2 Å². The Morgan fingerprint density at radius 3 is 1.18 bits per heavy atom. The van der Waals surface area contributed by atoms with Crippen LogP contribution in [0.1, 0.15) is 181 Å². The van der Waals surface area contributed by atoms with Gasteiger partial charge in [-0.1, -0.05) is 193 Å². The fourth-order valence-corrected chi connectivity index (χ4v) is 5.91. The smallest absolute Gasteiger partial charge is 0.306 e. The van der Waals surface area contributed by atoms with E-state index in [1.807, 2.05) is 18.2 Å². The second-order valence-electron chi connectivity index (χ2n) is 15.3. The summed E-state index contributed by atoms with van der Waals surface area (Å²) in [6.07, 6.45) is 68.8. The molecule has 0 aromatic rings. The SMILES string of the molecule is CC\C=C/C=C\C=C/CCCCCCCC(=O)OC(COC(=O)CC/C=C\C/C=C\C/C=C\C/C=C\C/C=C\C/C=C\CC)COC(=O)CCCCCCC/C=C\C/C=C\CC. The van der Waals surface area contributed by atoms with Crippen LogP contribution in [-0.2, 0) is 28.6 Å². The topological polar surface area (TPSA) is 78.9 Å². The van der Waals surface area contributed by atoms with Crippen LogP contribution in [0.4, 0.5) is 0 Å². The highest BCUT2D eigenvalue weighted by atomic mass is 16.6. The molecule has 0 heterocycles. The molecule has 6 nitrogen and oxygen atoms in total. The van der Waals surface area contributed by atoms with Crippen molar-refractivity contribution in [3.05, 3.63) is 134 Å². The number of unbranched alkanes of at least 4 members (excludes halogenated alkanes) is 10. The van der Waals surface area contributed by atoms with Gasteiger partial charge in [0.15, 0.2) is 6.10 Å².